The van der Waals surface area contributed by atoms with Crippen LogP contribution in [0.4, 0.5) is 0 Å². The summed E-state index contributed by atoms with van der Waals surface area (Å²) in [5.41, 5.74) is 1.07. The predicted molar refractivity (Wildman–Crippen MR) is 74.6 cm³/mol. The van der Waals surface area contributed by atoms with Gasteiger partial charge in [0.25, 0.3) is 0 Å². The molecule has 0 N–H and O–H groups in total. The highest BCUT2D eigenvalue weighted by molar-refractivity contribution is 7.17. The lowest BCUT2D eigenvalue weighted by Crippen LogP contribution is -1.81. The number of hydrogen-bond donors (Lipinski definition) is 0. The SMILES string of the molecule is c1ccc2c(c1)ncc1ccc3sccc3c12. The first kappa shape index (κ1) is 9.14. The lowest BCUT2D eigenvalue weighted by Gasteiger charge is -2.04. The highest BCUT2D eigenvalue weighted by Gasteiger charge is 2.05. The first-order valence-electron chi connectivity index (χ1n) is 5.57. The first-order valence-corrected chi connectivity index (χ1v) is 6.45. The zero-order valence-corrected chi connectivity index (χ0v) is 9.87. The van der Waals surface area contributed by atoms with Crippen molar-refractivity contribution in [1.82, 2.24) is 4.98 Å². The Balaban J connectivity index is 2.41. The van der Waals surface area contributed by atoms with Crippen molar-refractivity contribution in [3.8, 4) is 0 Å². The minimum Gasteiger partial charge on any atom is -0.256 e. The smallest absolute Gasteiger partial charge is 0.0708 e. The van der Waals surface area contributed by atoms with Crippen LogP contribution in [0.3, 0.4) is 0 Å². The molecule has 0 saturated carbocycles. The fraction of sp³-hybridized carbons (Fsp3) is 0. The van der Waals surface area contributed by atoms with E-state index in [9.17, 15) is 0 Å². The van der Waals surface area contributed by atoms with Gasteiger partial charge in [-0.2, -0.15) is 0 Å². The fourth-order valence-corrected chi connectivity index (χ4v) is 3.20. The third-order valence-corrected chi connectivity index (χ3v) is 4.07. The molecule has 0 atom stereocenters. The van der Waals surface area contributed by atoms with Crippen LogP contribution in [-0.2, 0) is 0 Å². The molecule has 0 spiro atoms. The van der Waals surface area contributed by atoms with Crippen LogP contribution in [0.2, 0.25) is 0 Å². The van der Waals surface area contributed by atoms with Gasteiger partial charge in [-0.1, -0.05) is 24.3 Å². The topological polar surface area (TPSA) is 12.9 Å². The number of hydrogen-bond acceptors (Lipinski definition) is 2. The Kier molecular flexibility index (Phi) is 1.76. The number of para-hydroxylation sites is 1. The molecule has 0 unspecified atom stereocenters. The maximum Gasteiger partial charge on any atom is 0.0708 e. The van der Waals surface area contributed by atoms with Crippen LogP contribution >= 0.6 is 11.3 Å². The fourth-order valence-electron chi connectivity index (χ4n) is 2.41. The highest BCUT2D eigenvalue weighted by Crippen LogP contribution is 2.33. The van der Waals surface area contributed by atoms with Crippen molar-refractivity contribution < 1.29 is 0 Å². The van der Waals surface area contributed by atoms with Crippen molar-refractivity contribution in [2.45, 2.75) is 0 Å². The molecule has 0 amide bonds. The maximum absolute atomic E-state index is 4.50. The van der Waals surface area contributed by atoms with E-state index in [1.54, 1.807) is 11.3 Å². The van der Waals surface area contributed by atoms with Gasteiger partial charge in [-0.05, 0) is 23.6 Å². The molecule has 17 heavy (non-hydrogen) atoms. The summed E-state index contributed by atoms with van der Waals surface area (Å²) in [4.78, 5) is 4.50. The van der Waals surface area contributed by atoms with E-state index in [4.69, 9.17) is 0 Å². The Morgan fingerprint density at radius 1 is 0.882 bits per heavy atom. The van der Waals surface area contributed by atoms with Gasteiger partial charge in [-0.15, -0.1) is 11.3 Å². The van der Waals surface area contributed by atoms with Crippen LogP contribution in [0.1, 0.15) is 0 Å². The van der Waals surface area contributed by atoms with Crippen molar-refractivity contribution in [1.29, 1.82) is 0 Å². The van der Waals surface area contributed by atoms with Crippen LogP contribution in [0.15, 0.2) is 54.0 Å². The molecule has 2 heterocycles. The number of thiophene rings is 1. The average molecular weight is 235 g/mol. The van der Waals surface area contributed by atoms with E-state index < -0.39 is 0 Å². The molecule has 80 valence electrons. The van der Waals surface area contributed by atoms with Crippen molar-refractivity contribution in [3.63, 3.8) is 0 Å². The van der Waals surface area contributed by atoms with Crippen LogP contribution in [0.5, 0.6) is 0 Å². The molecule has 2 aromatic heterocycles. The standard InChI is InChI=1S/C15H9NS/c1-2-4-13-11(3-1)15-10(9-16-13)5-6-14-12(15)7-8-17-14/h1-9H. The zero-order chi connectivity index (χ0) is 11.2. The molecule has 4 aromatic rings. The van der Waals surface area contributed by atoms with Crippen LogP contribution in [0.25, 0.3) is 31.8 Å². The van der Waals surface area contributed by atoms with Gasteiger partial charge in [0, 0.05) is 32.4 Å². The van der Waals surface area contributed by atoms with Gasteiger partial charge in [-0.3, -0.25) is 4.98 Å². The molecule has 0 radical (unpaired) electrons. The number of pyridine rings is 1. The molecule has 1 nitrogen and oxygen atoms in total. The third kappa shape index (κ3) is 1.22. The lowest BCUT2D eigenvalue weighted by molar-refractivity contribution is 1.45. The average Bonchev–Trinajstić information content (AvgIpc) is 2.86. The largest absolute Gasteiger partial charge is 0.256 e. The van der Waals surface area contributed by atoms with Gasteiger partial charge in [0.05, 0.1) is 5.52 Å². The van der Waals surface area contributed by atoms with Crippen molar-refractivity contribution in [3.05, 3.63) is 54.0 Å². The molecular weight excluding hydrogens is 226 g/mol. The van der Waals surface area contributed by atoms with Crippen molar-refractivity contribution in [2.24, 2.45) is 0 Å². The number of fused-ring (bicyclic) bond motifs is 5. The predicted octanol–water partition coefficient (Wildman–Crippen LogP) is 4.60. The lowest BCUT2D eigenvalue weighted by atomic mass is 10.0. The van der Waals surface area contributed by atoms with Gasteiger partial charge >= 0.3 is 0 Å². The summed E-state index contributed by atoms with van der Waals surface area (Å²) in [6.45, 7) is 0. The Morgan fingerprint density at radius 2 is 1.82 bits per heavy atom. The Hall–Kier alpha value is -1.93. The van der Waals surface area contributed by atoms with E-state index in [0.29, 0.717) is 0 Å². The van der Waals surface area contributed by atoms with Gasteiger partial charge < -0.3 is 0 Å². The minimum absolute atomic E-state index is 1.07. The summed E-state index contributed by atoms with van der Waals surface area (Å²) in [6.07, 6.45) is 1.97. The summed E-state index contributed by atoms with van der Waals surface area (Å²) in [5.74, 6) is 0. The molecule has 0 fully saturated rings. The van der Waals surface area contributed by atoms with Gasteiger partial charge in [0.1, 0.15) is 0 Å². The minimum atomic E-state index is 1.07. The van der Waals surface area contributed by atoms with E-state index in [1.807, 2.05) is 12.3 Å². The normalized spacial score (nSPS) is 11.5. The summed E-state index contributed by atoms with van der Waals surface area (Å²) >= 11 is 1.79. The van der Waals surface area contributed by atoms with Crippen LogP contribution < -0.4 is 0 Å². The maximum atomic E-state index is 4.50. The van der Waals surface area contributed by atoms with Crippen LogP contribution in [0, 0.1) is 0 Å². The molecule has 0 aliphatic rings. The quantitative estimate of drug-likeness (QED) is 0.406. The van der Waals surface area contributed by atoms with Crippen molar-refractivity contribution in [2.75, 3.05) is 0 Å². The molecule has 0 aliphatic carbocycles. The summed E-state index contributed by atoms with van der Waals surface area (Å²) in [7, 11) is 0. The van der Waals surface area contributed by atoms with E-state index in [0.717, 1.165) is 5.52 Å². The number of aromatic nitrogens is 1. The van der Waals surface area contributed by atoms with E-state index in [-0.39, 0.29) is 0 Å². The molecule has 2 aromatic carbocycles. The second-order valence-electron chi connectivity index (χ2n) is 4.14. The number of benzene rings is 2. The van der Waals surface area contributed by atoms with E-state index in [2.05, 4.69) is 46.8 Å². The third-order valence-electron chi connectivity index (χ3n) is 3.18. The first-order chi connectivity index (χ1) is 8.43. The molecule has 2 heteroatoms. The van der Waals surface area contributed by atoms with Gasteiger partial charge in [-0.25, -0.2) is 0 Å². The Bertz CT molecular complexity index is 845. The Morgan fingerprint density at radius 3 is 2.82 bits per heavy atom. The van der Waals surface area contributed by atoms with E-state index >= 15 is 0 Å². The summed E-state index contributed by atoms with van der Waals surface area (Å²) in [5, 5.41) is 7.28. The van der Waals surface area contributed by atoms with Gasteiger partial charge in [0.2, 0.25) is 0 Å². The molecule has 4 rings (SSSR count). The highest BCUT2D eigenvalue weighted by atomic mass is 32.1. The molecule has 0 saturated heterocycles. The Labute approximate surface area is 102 Å². The van der Waals surface area contributed by atoms with E-state index in [1.165, 1.54) is 26.2 Å². The molecule has 0 aliphatic heterocycles. The zero-order valence-electron chi connectivity index (χ0n) is 9.05. The molecule has 0 bridgehead atoms. The summed E-state index contributed by atoms with van der Waals surface area (Å²) < 4.78 is 1.34. The second kappa shape index (κ2) is 3.28. The number of nitrogens with zero attached hydrogens (tertiary/aromatic N) is 1. The monoisotopic (exact) mass is 235 g/mol. The summed E-state index contributed by atoms with van der Waals surface area (Å²) in [6, 6.07) is 14.9. The van der Waals surface area contributed by atoms with Crippen LogP contribution in [-0.4, -0.2) is 4.98 Å². The van der Waals surface area contributed by atoms with Crippen molar-refractivity contribution >= 4 is 43.1 Å². The number of rotatable bonds is 0. The second-order valence-corrected chi connectivity index (χ2v) is 5.09. The van der Waals surface area contributed by atoms with Gasteiger partial charge in [0.15, 0.2) is 0 Å². The molecular formula is C15H9NS.